The number of likely N-dealkylation sites (tertiary alicyclic amines) is 1. The van der Waals surface area contributed by atoms with Gasteiger partial charge in [0, 0.05) is 47.9 Å². The van der Waals surface area contributed by atoms with Gasteiger partial charge < -0.3 is 19.9 Å². The fourth-order valence-electron chi connectivity index (χ4n) is 4.10. The van der Waals surface area contributed by atoms with Gasteiger partial charge in [0.25, 0.3) is 11.6 Å². The minimum atomic E-state index is -1.46. The van der Waals surface area contributed by atoms with Crippen LogP contribution in [0.2, 0.25) is 10.0 Å². The summed E-state index contributed by atoms with van der Waals surface area (Å²) in [6.07, 6.45) is -0.471. The third-order valence-electron chi connectivity index (χ3n) is 5.90. The zero-order chi connectivity index (χ0) is 27.5. The molecule has 10 nitrogen and oxygen atoms in total. The predicted octanol–water partition coefficient (Wildman–Crippen LogP) is 5.27. The summed E-state index contributed by atoms with van der Waals surface area (Å²) in [4.78, 5) is 52.8. The lowest BCUT2D eigenvalue weighted by Crippen LogP contribution is -2.60. The molecule has 3 amide bonds. The van der Waals surface area contributed by atoms with Crippen molar-refractivity contribution in [2.75, 3.05) is 18.4 Å². The monoisotopic (exact) mass is 550 g/mol. The number of amides is 3. The quantitative estimate of drug-likeness (QED) is 0.386. The number of rotatable bonds is 6. The van der Waals surface area contributed by atoms with E-state index in [-0.39, 0.29) is 31.7 Å². The summed E-state index contributed by atoms with van der Waals surface area (Å²) in [5.74, 6) is -0.955. The molecule has 1 saturated heterocycles. The number of anilines is 1. The van der Waals surface area contributed by atoms with Gasteiger partial charge in [-0.1, -0.05) is 29.3 Å². The molecule has 0 spiro atoms. The predicted molar refractivity (Wildman–Crippen MR) is 140 cm³/mol. The Balaban J connectivity index is 1.98. The minimum Gasteiger partial charge on any atom is -0.444 e. The van der Waals surface area contributed by atoms with Crippen LogP contribution in [-0.2, 0) is 20.9 Å². The first-order valence-electron chi connectivity index (χ1n) is 11.5. The van der Waals surface area contributed by atoms with E-state index in [1.807, 2.05) is 0 Å². The molecular weight excluding hydrogens is 523 g/mol. The molecule has 1 unspecified atom stereocenters. The first-order valence-corrected chi connectivity index (χ1v) is 12.2. The Morgan fingerprint density at radius 3 is 2.35 bits per heavy atom. The molecule has 1 N–H and O–H groups in total. The average Bonchev–Trinajstić information content (AvgIpc) is 3.24. The van der Waals surface area contributed by atoms with Gasteiger partial charge in [0.2, 0.25) is 5.91 Å². The van der Waals surface area contributed by atoms with Gasteiger partial charge in [-0.2, -0.15) is 0 Å². The van der Waals surface area contributed by atoms with Gasteiger partial charge in [-0.3, -0.25) is 19.7 Å². The summed E-state index contributed by atoms with van der Waals surface area (Å²) in [5.41, 5.74) is -1.47. The van der Waals surface area contributed by atoms with E-state index >= 15 is 0 Å². The third kappa shape index (κ3) is 6.69. The van der Waals surface area contributed by atoms with Crippen LogP contribution < -0.4 is 5.32 Å². The SMILES string of the molecule is CC(=O)N(Cc1ccc(Cl)cc1Cl)C1(C(=O)Nc2ccc([N+](=O)[O-])cc2)CCN(C(=O)OC(C)(C)C)C1. The highest BCUT2D eigenvalue weighted by Crippen LogP contribution is 2.34. The van der Waals surface area contributed by atoms with E-state index in [0.717, 1.165) is 0 Å². The van der Waals surface area contributed by atoms with E-state index < -0.39 is 34.0 Å². The molecule has 3 rings (SSSR count). The second-order valence-corrected chi connectivity index (χ2v) is 10.6. The highest BCUT2D eigenvalue weighted by molar-refractivity contribution is 6.35. The summed E-state index contributed by atoms with van der Waals surface area (Å²) < 4.78 is 5.49. The summed E-state index contributed by atoms with van der Waals surface area (Å²) in [5, 5.41) is 14.5. The number of halogens is 2. The van der Waals surface area contributed by atoms with Gasteiger partial charge in [0.15, 0.2) is 0 Å². The van der Waals surface area contributed by atoms with Crippen LogP contribution in [0.4, 0.5) is 16.2 Å². The van der Waals surface area contributed by atoms with Crippen LogP contribution in [0.3, 0.4) is 0 Å². The van der Waals surface area contributed by atoms with Crippen molar-refractivity contribution in [2.45, 2.75) is 51.8 Å². The number of benzene rings is 2. The topological polar surface area (TPSA) is 122 Å². The number of ether oxygens (including phenoxy) is 1. The van der Waals surface area contributed by atoms with Crippen LogP contribution in [0.5, 0.6) is 0 Å². The fraction of sp³-hybridized carbons (Fsp3) is 0.400. The number of nitro groups is 1. The smallest absolute Gasteiger partial charge is 0.410 e. The van der Waals surface area contributed by atoms with Gasteiger partial charge in [-0.15, -0.1) is 0 Å². The first-order chi connectivity index (χ1) is 17.2. The molecule has 12 heteroatoms. The molecule has 1 aliphatic rings. The van der Waals surface area contributed by atoms with Crippen molar-refractivity contribution in [1.82, 2.24) is 9.80 Å². The van der Waals surface area contributed by atoms with Crippen molar-refractivity contribution in [3.05, 3.63) is 68.2 Å². The van der Waals surface area contributed by atoms with Crippen molar-refractivity contribution in [2.24, 2.45) is 0 Å². The maximum Gasteiger partial charge on any atom is 0.410 e. The second kappa shape index (κ2) is 10.9. The minimum absolute atomic E-state index is 0.0127. The van der Waals surface area contributed by atoms with Crippen LogP contribution >= 0.6 is 23.2 Å². The molecule has 0 bridgehead atoms. The van der Waals surface area contributed by atoms with E-state index in [0.29, 0.717) is 21.3 Å². The lowest BCUT2D eigenvalue weighted by atomic mass is 9.93. The van der Waals surface area contributed by atoms with E-state index in [1.54, 1.807) is 39.0 Å². The normalized spacial score (nSPS) is 17.3. The number of nitro benzene ring substituents is 1. The lowest BCUT2D eigenvalue weighted by Gasteiger charge is -2.39. The van der Waals surface area contributed by atoms with Crippen LogP contribution in [0.25, 0.3) is 0 Å². The standard InChI is InChI=1S/C25H28Cl2N4O6/c1-16(32)30(14-17-5-6-18(26)13-21(17)27)25(11-12-29(15-25)23(34)37-24(2,3)4)22(33)28-19-7-9-20(10-8-19)31(35)36/h5-10,13H,11-12,14-15H2,1-4H3,(H,28,33). The van der Waals surface area contributed by atoms with Crippen molar-refractivity contribution in [3.8, 4) is 0 Å². The van der Waals surface area contributed by atoms with Crippen molar-refractivity contribution >= 4 is 52.5 Å². The van der Waals surface area contributed by atoms with Gasteiger partial charge in [-0.25, -0.2) is 4.79 Å². The Bertz CT molecular complexity index is 1210. The van der Waals surface area contributed by atoms with Crippen LogP contribution in [0.15, 0.2) is 42.5 Å². The van der Waals surface area contributed by atoms with Gasteiger partial charge in [-0.05, 0) is 57.0 Å². The average molecular weight is 551 g/mol. The molecule has 0 saturated carbocycles. The zero-order valence-corrected chi connectivity index (χ0v) is 22.4. The van der Waals surface area contributed by atoms with Crippen LogP contribution in [0.1, 0.15) is 39.7 Å². The third-order valence-corrected chi connectivity index (χ3v) is 6.49. The maximum atomic E-state index is 13.8. The first kappa shape index (κ1) is 28.2. The van der Waals surface area contributed by atoms with Crippen LogP contribution in [0, 0.1) is 10.1 Å². The molecule has 0 radical (unpaired) electrons. The number of non-ortho nitro benzene ring substituents is 1. The molecule has 37 heavy (non-hydrogen) atoms. The largest absolute Gasteiger partial charge is 0.444 e. The zero-order valence-electron chi connectivity index (χ0n) is 20.9. The van der Waals surface area contributed by atoms with Crippen LogP contribution in [-0.4, -0.2) is 56.9 Å². The Hall–Kier alpha value is -3.37. The maximum absolute atomic E-state index is 13.8. The highest BCUT2D eigenvalue weighted by atomic mass is 35.5. The summed E-state index contributed by atoms with van der Waals surface area (Å²) >= 11 is 12.4. The fourth-order valence-corrected chi connectivity index (χ4v) is 4.57. The number of carbonyl (C=O) groups is 3. The molecule has 2 aromatic rings. The molecular formula is C25H28Cl2N4O6. The number of carbonyl (C=O) groups excluding carboxylic acids is 3. The van der Waals surface area contributed by atoms with Gasteiger partial charge >= 0.3 is 6.09 Å². The highest BCUT2D eigenvalue weighted by Gasteiger charge is 2.52. The lowest BCUT2D eigenvalue weighted by molar-refractivity contribution is -0.384. The Labute approximate surface area is 224 Å². The van der Waals surface area contributed by atoms with Crippen molar-refractivity contribution in [1.29, 1.82) is 0 Å². The molecule has 0 aliphatic carbocycles. The molecule has 1 aliphatic heterocycles. The van der Waals surface area contributed by atoms with E-state index in [4.69, 9.17) is 27.9 Å². The van der Waals surface area contributed by atoms with Crippen molar-refractivity contribution < 1.29 is 24.0 Å². The number of hydrogen-bond donors (Lipinski definition) is 1. The van der Waals surface area contributed by atoms with Crippen molar-refractivity contribution in [3.63, 3.8) is 0 Å². The number of nitrogens with zero attached hydrogens (tertiary/aromatic N) is 3. The summed E-state index contributed by atoms with van der Waals surface area (Å²) in [7, 11) is 0. The number of nitrogens with one attached hydrogen (secondary N) is 1. The molecule has 1 atom stereocenters. The molecule has 1 fully saturated rings. The molecule has 0 aromatic heterocycles. The van der Waals surface area contributed by atoms with Gasteiger partial charge in [0.05, 0.1) is 11.5 Å². The van der Waals surface area contributed by atoms with Gasteiger partial charge in [0.1, 0.15) is 11.1 Å². The summed E-state index contributed by atoms with van der Waals surface area (Å²) in [6.45, 7) is 6.58. The molecule has 198 valence electrons. The van der Waals surface area contributed by atoms with E-state index in [9.17, 15) is 24.5 Å². The summed E-state index contributed by atoms with van der Waals surface area (Å²) in [6, 6.07) is 10.2. The Morgan fingerprint density at radius 1 is 1.16 bits per heavy atom. The molecule has 1 heterocycles. The number of hydrogen-bond acceptors (Lipinski definition) is 6. The molecule has 2 aromatic carbocycles. The Morgan fingerprint density at radius 2 is 1.81 bits per heavy atom. The van der Waals surface area contributed by atoms with E-state index in [2.05, 4.69) is 5.32 Å². The van der Waals surface area contributed by atoms with E-state index in [1.165, 1.54) is 41.0 Å². The second-order valence-electron chi connectivity index (χ2n) is 9.78. The Kier molecular flexibility index (Phi) is 8.34.